The first-order valence-electron chi connectivity index (χ1n) is 6.69. The van der Waals surface area contributed by atoms with E-state index < -0.39 is 10.7 Å². The highest BCUT2D eigenvalue weighted by Gasteiger charge is 2.10. The van der Waals surface area contributed by atoms with Crippen molar-refractivity contribution in [2.75, 3.05) is 18.4 Å². The van der Waals surface area contributed by atoms with E-state index in [1.165, 1.54) is 24.3 Å². The largest absolute Gasteiger partial charge is 0.383 e. The van der Waals surface area contributed by atoms with E-state index in [-0.39, 0.29) is 17.2 Å². The molecule has 1 amide bonds. The monoisotopic (exact) mass is 381 g/mol. The fourth-order valence-corrected chi connectivity index (χ4v) is 2.28. The van der Waals surface area contributed by atoms with Gasteiger partial charge in [0.1, 0.15) is 5.82 Å². The molecule has 0 saturated carbocycles. The summed E-state index contributed by atoms with van der Waals surface area (Å²) in [6.45, 7) is 0.745. The van der Waals surface area contributed by atoms with Crippen molar-refractivity contribution in [2.45, 2.75) is 0 Å². The number of nitro groups is 1. The number of halogens is 2. The first kappa shape index (κ1) is 16.9. The molecule has 0 aliphatic carbocycles. The van der Waals surface area contributed by atoms with Gasteiger partial charge in [-0.3, -0.25) is 14.9 Å². The van der Waals surface area contributed by atoms with Crippen LogP contribution in [0.5, 0.6) is 0 Å². The van der Waals surface area contributed by atoms with E-state index in [0.29, 0.717) is 23.2 Å². The topological polar surface area (TPSA) is 84.3 Å². The molecule has 0 heterocycles. The molecule has 0 aliphatic rings. The van der Waals surface area contributed by atoms with Crippen LogP contribution in [-0.4, -0.2) is 23.9 Å². The highest BCUT2D eigenvalue weighted by atomic mass is 79.9. The lowest BCUT2D eigenvalue weighted by Crippen LogP contribution is -2.29. The Morgan fingerprint density at radius 3 is 2.52 bits per heavy atom. The third kappa shape index (κ3) is 4.75. The SMILES string of the molecule is O=C(NCCNc1ccc([N+](=O)[O-])cc1)c1cc(F)ccc1Br. The molecule has 0 atom stereocenters. The van der Waals surface area contributed by atoms with E-state index in [4.69, 9.17) is 0 Å². The van der Waals surface area contributed by atoms with Gasteiger partial charge < -0.3 is 10.6 Å². The zero-order valence-corrected chi connectivity index (χ0v) is 13.5. The maximum atomic E-state index is 13.1. The number of amides is 1. The second-order valence-electron chi connectivity index (χ2n) is 4.61. The van der Waals surface area contributed by atoms with Crippen molar-refractivity contribution in [1.82, 2.24) is 5.32 Å². The van der Waals surface area contributed by atoms with E-state index in [9.17, 15) is 19.3 Å². The van der Waals surface area contributed by atoms with Crippen molar-refractivity contribution in [1.29, 1.82) is 0 Å². The molecule has 2 aromatic rings. The molecular formula is C15H13BrFN3O3. The summed E-state index contributed by atoms with van der Waals surface area (Å²) in [7, 11) is 0. The second kappa shape index (κ2) is 7.68. The Balaban J connectivity index is 1.82. The Morgan fingerprint density at radius 2 is 1.87 bits per heavy atom. The lowest BCUT2D eigenvalue weighted by atomic mass is 10.2. The predicted octanol–water partition coefficient (Wildman–Crippen LogP) is 3.34. The number of carbonyl (C=O) groups is 1. The van der Waals surface area contributed by atoms with Crippen molar-refractivity contribution in [3.05, 3.63) is 68.4 Å². The van der Waals surface area contributed by atoms with E-state index in [2.05, 4.69) is 26.6 Å². The number of hydrogen-bond donors (Lipinski definition) is 2. The summed E-state index contributed by atoms with van der Waals surface area (Å²) in [5.74, 6) is -0.871. The van der Waals surface area contributed by atoms with Gasteiger partial charge in [-0.1, -0.05) is 0 Å². The van der Waals surface area contributed by atoms with Crippen LogP contribution >= 0.6 is 15.9 Å². The van der Waals surface area contributed by atoms with E-state index in [0.717, 1.165) is 6.07 Å². The molecule has 2 rings (SSSR count). The molecule has 6 nitrogen and oxygen atoms in total. The third-order valence-corrected chi connectivity index (χ3v) is 3.68. The van der Waals surface area contributed by atoms with Crippen molar-refractivity contribution < 1.29 is 14.1 Å². The van der Waals surface area contributed by atoms with Crippen LogP contribution in [0.2, 0.25) is 0 Å². The Morgan fingerprint density at radius 1 is 1.17 bits per heavy atom. The molecule has 0 fully saturated rings. The molecule has 0 spiro atoms. The molecular weight excluding hydrogens is 369 g/mol. The quantitative estimate of drug-likeness (QED) is 0.456. The Labute approximate surface area is 140 Å². The van der Waals surface area contributed by atoms with Gasteiger partial charge in [0.2, 0.25) is 0 Å². The number of benzene rings is 2. The second-order valence-corrected chi connectivity index (χ2v) is 5.47. The molecule has 120 valence electrons. The van der Waals surface area contributed by atoms with Gasteiger partial charge in [-0.15, -0.1) is 0 Å². The van der Waals surface area contributed by atoms with Gasteiger partial charge in [0, 0.05) is 35.4 Å². The maximum absolute atomic E-state index is 13.1. The van der Waals surface area contributed by atoms with Gasteiger partial charge in [-0.2, -0.15) is 0 Å². The molecule has 2 aromatic carbocycles. The van der Waals surface area contributed by atoms with Gasteiger partial charge in [-0.05, 0) is 46.3 Å². The number of nitro benzene ring substituents is 1. The average Bonchev–Trinajstić information content (AvgIpc) is 2.54. The molecule has 0 radical (unpaired) electrons. The van der Waals surface area contributed by atoms with E-state index in [1.54, 1.807) is 12.1 Å². The summed E-state index contributed by atoms with van der Waals surface area (Å²) < 4.78 is 13.7. The highest BCUT2D eigenvalue weighted by molar-refractivity contribution is 9.10. The van der Waals surface area contributed by atoms with Crippen LogP contribution in [-0.2, 0) is 0 Å². The fraction of sp³-hybridized carbons (Fsp3) is 0.133. The molecule has 0 unspecified atom stereocenters. The zero-order chi connectivity index (χ0) is 16.8. The lowest BCUT2D eigenvalue weighted by Gasteiger charge is -2.09. The van der Waals surface area contributed by atoms with Crippen LogP contribution in [0.1, 0.15) is 10.4 Å². The smallest absolute Gasteiger partial charge is 0.269 e. The van der Waals surface area contributed by atoms with Crippen molar-refractivity contribution >= 4 is 33.2 Å². The molecule has 0 saturated heterocycles. The summed E-state index contributed by atoms with van der Waals surface area (Å²) >= 11 is 3.20. The summed E-state index contributed by atoms with van der Waals surface area (Å²) in [5.41, 5.74) is 0.942. The van der Waals surface area contributed by atoms with Crippen LogP contribution in [0.3, 0.4) is 0 Å². The summed E-state index contributed by atoms with van der Waals surface area (Å²) in [5, 5.41) is 16.2. The molecule has 0 aromatic heterocycles. The van der Waals surface area contributed by atoms with Crippen LogP contribution in [0.4, 0.5) is 15.8 Å². The fourth-order valence-electron chi connectivity index (χ4n) is 1.85. The molecule has 0 aliphatic heterocycles. The summed E-state index contributed by atoms with van der Waals surface area (Å²) in [6.07, 6.45) is 0. The first-order chi connectivity index (χ1) is 11.0. The minimum absolute atomic E-state index is 0.0137. The zero-order valence-electron chi connectivity index (χ0n) is 11.9. The maximum Gasteiger partial charge on any atom is 0.269 e. The van der Waals surface area contributed by atoms with Crippen LogP contribution in [0, 0.1) is 15.9 Å². The van der Waals surface area contributed by atoms with E-state index >= 15 is 0 Å². The van der Waals surface area contributed by atoms with Gasteiger partial charge in [0.05, 0.1) is 10.5 Å². The standard InChI is InChI=1S/C15H13BrFN3O3/c16-14-6-1-10(17)9-13(14)15(21)19-8-7-18-11-2-4-12(5-3-11)20(22)23/h1-6,9,18H,7-8H2,(H,19,21). The van der Waals surface area contributed by atoms with Crippen LogP contribution < -0.4 is 10.6 Å². The number of hydrogen-bond acceptors (Lipinski definition) is 4. The normalized spacial score (nSPS) is 10.2. The minimum atomic E-state index is -0.484. The third-order valence-electron chi connectivity index (χ3n) is 2.99. The Hall–Kier alpha value is -2.48. The summed E-state index contributed by atoms with van der Waals surface area (Å²) in [6, 6.07) is 9.85. The van der Waals surface area contributed by atoms with Gasteiger partial charge in [-0.25, -0.2) is 4.39 Å². The van der Waals surface area contributed by atoms with Gasteiger partial charge in [0.15, 0.2) is 0 Å². The minimum Gasteiger partial charge on any atom is -0.383 e. The predicted molar refractivity (Wildman–Crippen MR) is 88.0 cm³/mol. The van der Waals surface area contributed by atoms with Crippen molar-refractivity contribution in [2.24, 2.45) is 0 Å². The lowest BCUT2D eigenvalue weighted by molar-refractivity contribution is -0.384. The number of nitrogens with zero attached hydrogens (tertiary/aromatic N) is 1. The number of nitrogens with one attached hydrogen (secondary N) is 2. The Kier molecular flexibility index (Phi) is 5.64. The molecule has 2 N–H and O–H groups in total. The van der Waals surface area contributed by atoms with Crippen LogP contribution in [0.15, 0.2) is 46.9 Å². The highest BCUT2D eigenvalue weighted by Crippen LogP contribution is 2.17. The molecule has 8 heteroatoms. The number of non-ortho nitro benzene ring substituents is 1. The van der Waals surface area contributed by atoms with Gasteiger partial charge in [0.25, 0.3) is 11.6 Å². The molecule has 23 heavy (non-hydrogen) atoms. The molecule has 0 bridgehead atoms. The van der Waals surface area contributed by atoms with Gasteiger partial charge >= 0.3 is 0 Å². The van der Waals surface area contributed by atoms with Crippen LogP contribution in [0.25, 0.3) is 0 Å². The van der Waals surface area contributed by atoms with Crippen molar-refractivity contribution in [3.8, 4) is 0 Å². The average molecular weight is 382 g/mol. The number of rotatable bonds is 6. The van der Waals surface area contributed by atoms with E-state index in [1.807, 2.05) is 0 Å². The number of anilines is 1. The first-order valence-corrected chi connectivity index (χ1v) is 7.48. The summed E-state index contributed by atoms with van der Waals surface area (Å²) in [4.78, 5) is 22.0. The van der Waals surface area contributed by atoms with Crippen molar-refractivity contribution in [3.63, 3.8) is 0 Å². The Bertz CT molecular complexity index is 722. The number of carbonyl (C=O) groups excluding carboxylic acids is 1.